The monoisotopic (exact) mass is 230 g/mol. The molecule has 1 aromatic carbocycles. The summed E-state index contributed by atoms with van der Waals surface area (Å²) in [4.78, 5) is 0. The molecule has 2 rings (SSSR count). The predicted octanol–water partition coefficient (Wildman–Crippen LogP) is 3.22. The minimum atomic E-state index is -4.32. The van der Waals surface area contributed by atoms with Crippen molar-refractivity contribution in [3.05, 3.63) is 35.3 Å². The molecule has 0 spiro atoms. The summed E-state index contributed by atoms with van der Waals surface area (Å²) >= 11 is 1.21. The molecule has 2 aromatic rings. The number of hydrogen-bond acceptors (Lipinski definition) is 3. The number of hydrogen-bond donors (Lipinski definition) is 0. The molecule has 2 nitrogen and oxygen atoms in total. The number of nitrogens with zero attached hydrogens (tertiary/aromatic N) is 2. The van der Waals surface area contributed by atoms with E-state index in [0.717, 1.165) is 12.1 Å². The summed E-state index contributed by atoms with van der Waals surface area (Å²) in [5.74, 6) is 0. The van der Waals surface area contributed by atoms with Gasteiger partial charge in [0.2, 0.25) is 0 Å². The topological polar surface area (TPSA) is 25.8 Å². The SMILES string of the molecule is FC(F)(F)c1cccc(-c2nncs2)c1. The van der Waals surface area contributed by atoms with Gasteiger partial charge >= 0.3 is 6.18 Å². The Kier molecular flexibility index (Phi) is 2.44. The van der Waals surface area contributed by atoms with E-state index in [9.17, 15) is 13.2 Å². The molecule has 0 aliphatic heterocycles. The highest BCUT2D eigenvalue weighted by molar-refractivity contribution is 7.12. The van der Waals surface area contributed by atoms with Crippen molar-refractivity contribution in [1.82, 2.24) is 10.2 Å². The standard InChI is InChI=1S/C9H5F3N2S/c10-9(11,12)7-3-1-2-6(4-7)8-14-13-5-15-8/h1-5H. The van der Waals surface area contributed by atoms with Gasteiger partial charge in [-0.2, -0.15) is 13.2 Å². The average molecular weight is 230 g/mol. The molecule has 0 bridgehead atoms. The molecule has 0 unspecified atom stereocenters. The zero-order valence-corrected chi connectivity index (χ0v) is 8.14. The highest BCUT2D eigenvalue weighted by Crippen LogP contribution is 2.32. The van der Waals surface area contributed by atoms with Crippen molar-refractivity contribution < 1.29 is 13.2 Å². The van der Waals surface area contributed by atoms with Crippen molar-refractivity contribution in [3.63, 3.8) is 0 Å². The molecule has 1 aromatic heterocycles. The second-order valence-electron chi connectivity index (χ2n) is 2.82. The summed E-state index contributed by atoms with van der Waals surface area (Å²) in [6.07, 6.45) is -4.32. The molecular weight excluding hydrogens is 225 g/mol. The van der Waals surface area contributed by atoms with E-state index in [4.69, 9.17) is 0 Å². The molecule has 6 heteroatoms. The van der Waals surface area contributed by atoms with Crippen molar-refractivity contribution in [2.45, 2.75) is 6.18 Å². The van der Waals surface area contributed by atoms with Crippen LogP contribution in [0.2, 0.25) is 0 Å². The molecule has 1 heterocycles. The summed E-state index contributed by atoms with van der Waals surface area (Å²) in [6.45, 7) is 0. The first-order valence-electron chi connectivity index (χ1n) is 4.01. The second-order valence-corrected chi connectivity index (χ2v) is 3.66. The maximum atomic E-state index is 12.4. The lowest BCUT2D eigenvalue weighted by Crippen LogP contribution is -2.04. The van der Waals surface area contributed by atoms with E-state index >= 15 is 0 Å². The third-order valence-electron chi connectivity index (χ3n) is 1.80. The van der Waals surface area contributed by atoms with Gasteiger partial charge in [-0.1, -0.05) is 23.5 Å². The summed E-state index contributed by atoms with van der Waals surface area (Å²) in [6, 6.07) is 5.04. The Labute approximate surface area is 87.4 Å². The largest absolute Gasteiger partial charge is 0.416 e. The summed E-state index contributed by atoms with van der Waals surface area (Å²) in [5, 5.41) is 7.78. The number of alkyl halides is 3. The van der Waals surface area contributed by atoms with Gasteiger partial charge in [-0.3, -0.25) is 0 Å². The normalized spacial score (nSPS) is 11.7. The zero-order chi connectivity index (χ0) is 10.9. The van der Waals surface area contributed by atoms with Crippen LogP contribution in [0.4, 0.5) is 13.2 Å². The predicted molar refractivity (Wildman–Crippen MR) is 50.3 cm³/mol. The van der Waals surface area contributed by atoms with Crippen molar-refractivity contribution in [3.8, 4) is 10.6 Å². The lowest BCUT2D eigenvalue weighted by atomic mass is 10.1. The highest BCUT2D eigenvalue weighted by Gasteiger charge is 2.30. The van der Waals surface area contributed by atoms with E-state index in [-0.39, 0.29) is 0 Å². The molecule has 0 aliphatic carbocycles. The fourth-order valence-corrected chi connectivity index (χ4v) is 1.68. The smallest absolute Gasteiger partial charge is 0.166 e. The Morgan fingerprint density at radius 2 is 2.00 bits per heavy atom. The van der Waals surface area contributed by atoms with Crippen LogP contribution in [0.1, 0.15) is 5.56 Å². The Balaban J connectivity index is 2.44. The number of rotatable bonds is 1. The maximum absolute atomic E-state index is 12.4. The van der Waals surface area contributed by atoms with Gasteiger partial charge in [-0.05, 0) is 12.1 Å². The van der Waals surface area contributed by atoms with Gasteiger partial charge in [0, 0.05) is 5.56 Å². The summed E-state index contributed by atoms with van der Waals surface area (Å²) < 4.78 is 37.1. The lowest BCUT2D eigenvalue weighted by Gasteiger charge is -2.06. The molecule has 0 amide bonds. The van der Waals surface area contributed by atoms with Crippen LogP contribution in [-0.2, 0) is 6.18 Å². The molecule has 0 aliphatic rings. The molecule has 78 valence electrons. The lowest BCUT2D eigenvalue weighted by molar-refractivity contribution is -0.137. The van der Waals surface area contributed by atoms with Crippen molar-refractivity contribution in [1.29, 1.82) is 0 Å². The molecule has 0 saturated heterocycles. The Morgan fingerprint density at radius 1 is 1.20 bits per heavy atom. The van der Waals surface area contributed by atoms with Crippen LogP contribution in [-0.4, -0.2) is 10.2 Å². The fraction of sp³-hybridized carbons (Fsp3) is 0.111. The minimum absolute atomic E-state index is 0.437. The molecule has 0 radical (unpaired) electrons. The van der Waals surface area contributed by atoms with Gasteiger partial charge in [-0.15, -0.1) is 10.2 Å². The quantitative estimate of drug-likeness (QED) is 0.751. The van der Waals surface area contributed by atoms with Gasteiger partial charge in [0.05, 0.1) is 5.56 Å². The van der Waals surface area contributed by atoms with E-state index in [2.05, 4.69) is 10.2 Å². The van der Waals surface area contributed by atoms with E-state index < -0.39 is 11.7 Å². The van der Waals surface area contributed by atoms with Crippen LogP contribution in [0, 0.1) is 0 Å². The van der Waals surface area contributed by atoms with Crippen LogP contribution in [0.5, 0.6) is 0 Å². The number of halogens is 3. The van der Waals surface area contributed by atoms with Gasteiger partial charge in [0.15, 0.2) is 0 Å². The van der Waals surface area contributed by atoms with Crippen molar-refractivity contribution >= 4 is 11.3 Å². The zero-order valence-electron chi connectivity index (χ0n) is 7.32. The van der Waals surface area contributed by atoms with E-state index in [1.54, 1.807) is 6.07 Å². The first kappa shape index (κ1) is 10.1. The molecule has 0 atom stereocenters. The van der Waals surface area contributed by atoms with Crippen molar-refractivity contribution in [2.24, 2.45) is 0 Å². The van der Waals surface area contributed by atoms with Gasteiger partial charge < -0.3 is 0 Å². The fourth-order valence-electron chi connectivity index (χ4n) is 1.13. The van der Waals surface area contributed by atoms with Crippen LogP contribution in [0.15, 0.2) is 29.8 Å². The van der Waals surface area contributed by atoms with E-state index in [0.29, 0.717) is 10.6 Å². The van der Waals surface area contributed by atoms with Gasteiger partial charge in [0.1, 0.15) is 10.5 Å². The van der Waals surface area contributed by atoms with Gasteiger partial charge in [-0.25, -0.2) is 0 Å². The number of aromatic nitrogens is 2. The second kappa shape index (κ2) is 3.62. The van der Waals surface area contributed by atoms with Crippen LogP contribution in [0.25, 0.3) is 10.6 Å². The summed E-state index contributed by atoms with van der Waals surface area (Å²) in [7, 11) is 0. The van der Waals surface area contributed by atoms with Crippen molar-refractivity contribution in [2.75, 3.05) is 0 Å². The number of benzene rings is 1. The summed E-state index contributed by atoms with van der Waals surface area (Å²) in [5.41, 5.74) is 1.25. The Morgan fingerprint density at radius 3 is 2.60 bits per heavy atom. The first-order valence-corrected chi connectivity index (χ1v) is 4.89. The Bertz CT molecular complexity index is 451. The van der Waals surface area contributed by atoms with Crippen LogP contribution >= 0.6 is 11.3 Å². The van der Waals surface area contributed by atoms with Crippen LogP contribution in [0.3, 0.4) is 0 Å². The Hall–Kier alpha value is -1.43. The molecular formula is C9H5F3N2S. The van der Waals surface area contributed by atoms with E-state index in [1.807, 2.05) is 0 Å². The highest BCUT2D eigenvalue weighted by atomic mass is 32.1. The minimum Gasteiger partial charge on any atom is -0.166 e. The third-order valence-corrected chi connectivity index (χ3v) is 2.54. The molecule has 0 fully saturated rings. The average Bonchev–Trinajstić information content (AvgIpc) is 2.69. The van der Waals surface area contributed by atoms with Crippen LogP contribution < -0.4 is 0 Å². The van der Waals surface area contributed by atoms with E-state index in [1.165, 1.54) is 22.9 Å². The van der Waals surface area contributed by atoms with Gasteiger partial charge in [0.25, 0.3) is 0 Å². The molecule has 0 saturated carbocycles. The molecule has 15 heavy (non-hydrogen) atoms. The molecule has 0 N–H and O–H groups in total. The maximum Gasteiger partial charge on any atom is 0.416 e. The third kappa shape index (κ3) is 2.15. The first-order chi connectivity index (χ1) is 7.07.